The van der Waals surface area contributed by atoms with E-state index in [0.29, 0.717) is 29.4 Å². The number of aliphatic hydroxyl groups is 1. The minimum atomic E-state index is -0.432. The van der Waals surface area contributed by atoms with Gasteiger partial charge in [-0.05, 0) is 31.7 Å². The molecule has 1 fully saturated rings. The van der Waals surface area contributed by atoms with Crippen molar-refractivity contribution in [1.82, 2.24) is 15.0 Å². The van der Waals surface area contributed by atoms with Gasteiger partial charge in [0.15, 0.2) is 0 Å². The number of carbonyl (C=O) groups is 1. The van der Waals surface area contributed by atoms with E-state index < -0.39 is 6.10 Å². The Kier molecular flexibility index (Phi) is 3.17. The number of rotatable bonds is 4. The van der Waals surface area contributed by atoms with Crippen molar-refractivity contribution in [3.63, 3.8) is 0 Å². The normalized spacial score (nSPS) is 16.4. The van der Waals surface area contributed by atoms with E-state index in [9.17, 15) is 9.90 Å². The first kappa shape index (κ1) is 13.1. The molecule has 0 bridgehead atoms. The predicted molar refractivity (Wildman–Crippen MR) is 72.2 cm³/mol. The second-order valence-electron chi connectivity index (χ2n) is 5.44. The fourth-order valence-electron chi connectivity index (χ4n) is 2.28. The Morgan fingerprint density at radius 2 is 2.35 bits per heavy atom. The number of carbonyl (C=O) groups excluding carboxylic acids is 1. The van der Waals surface area contributed by atoms with Gasteiger partial charge in [0.1, 0.15) is 0 Å². The van der Waals surface area contributed by atoms with Crippen LogP contribution in [0.25, 0.3) is 11.1 Å². The lowest BCUT2D eigenvalue weighted by molar-refractivity contribution is 0.0645. The summed E-state index contributed by atoms with van der Waals surface area (Å²) in [6, 6.07) is 1.73. The van der Waals surface area contributed by atoms with Crippen LogP contribution in [0.15, 0.2) is 16.8 Å². The first-order chi connectivity index (χ1) is 9.56. The molecule has 1 aliphatic rings. The summed E-state index contributed by atoms with van der Waals surface area (Å²) < 4.78 is 5.02. The smallest absolute Gasteiger partial charge is 0.257 e. The van der Waals surface area contributed by atoms with E-state index in [2.05, 4.69) is 10.1 Å². The molecule has 106 valence electrons. The molecule has 2 aromatic heterocycles. The van der Waals surface area contributed by atoms with Gasteiger partial charge in [0.25, 0.3) is 11.6 Å². The quantitative estimate of drug-likeness (QED) is 0.911. The minimum absolute atomic E-state index is 0.153. The molecular formula is C14H17N3O3. The van der Waals surface area contributed by atoms with Crippen molar-refractivity contribution >= 4 is 17.0 Å². The van der Waals surface area contributed by atoms with Crippen molar-refractivity contribution in [1.29, 1.82) is 0 Å². The molecule has 0 spiro atoms. The molecule has 1 N–H and O–H groups in total. The van der Waals surface area contributed by atoms with Crippen LogP contribution >= 0.6 is 0 Å². The van der Waals surface area contributed by atoms with Crippen molar-refractivity contribution in [2.45, 2.75) is 25.9 Å². The molecular weight excluding hydrogens is 258 g/mol. The molecule has 6 heteroatoms. The van der Waals surface area contributed by atoms with Crippen LogP contribution in [0.2, 0.25) is 0 Å². The lowest BCUT2D eigenvalue weighted by atomic mass is 10.1. The first-order valence-corrected chi connectivity index (χ1v) is 6.72. The Bertz CT molecular complexity index is 648. The van der Waals surface area contributed by atoms with E-state index in [1.807, 2.05) is 6.92 Å². The second kappa shape index (κ2) is 4.86. The zero-order valence-electron chi connectivity index (χ0n) is 11.5. The Hall–Kier alpha value is -1.95. The molecule has 1 atom stereocenters. The van der Waals surface area contributed by atoms with Crippen LogP contribution in [0.5, 0.6) is 0 Å². The predicted octanol–water partition coefficient (Wildman–Crippen LogP) is 1.37. The monoisotopic (exact) mass is 275 g/mol. The molecule has 0 radical (unpaired) electrons. The number of nitrogens with zero attached hydrogens (tertiary/aromatic N) is 3. The Balaban J connectivity index is 1.78. The number of fused-ring (bicyclic) bond motifs is 1. The SMILES string of the molecule is Cc1noc2ncc(C(=O)N(C)CC(O)C3CC3)cc12. The van der Waals surface area contributed by atoms with E-state index in [1.54, 1.807) is 13.1 Å². The fraction of sp³-hybridized carbons (Fsp3) is 0.500. The average molecular weight is 275 g/mol. The van der Waals surface area contributed by atoms with E-state index in [-0.39, 0.29) is 5.91 Å². The molecule has 20 heavy (non-hydrogen) atoms. The minimum Gasteiger partial charge on any atom is -0.391 e. The standard InChI is InChI=1S/C14H17N3O3/c1-8-11-5-10(6-15-13(11)20-16-8)14(19)17(2)7-12(18)9-3-4-9/h5-6,9,12,18H,3-4,7H2,1-2H3. The molecule has 0 aliphatic heterocycles. The van der Waals surface area contributed by atoms with Crippen LogP contribution < -0.4 is 0 Å². The number of aryl methyl sites for hydroxylation is 1. The number of pyridine rings is 1. The largest absolute Gasteiger partial charge is 0.391 e. The third-order valence-electron chi connectivity index (χ3n) is 3.73. The van der Waals surface area contributed by atoms with Crippen molar-refractivity contribution < 1.29 is 14.4 Å². The van der Waals surface area contributed by atoms with Gasteiger partial charge in [-0.3, -0.25) is 4.79 Å². The van der Waals surface area contributed by atoms with Gasteiger partial charge < -0.3 is 14.5 Å². The molecule has 0 aromatic carbocycles. The maximum atomic E-state index is 12.3. The van der Waals surface area contributed by atoms with Gasteiger partial charge in [-0.1, -0.05) is 5.16 Å². The van der Waals surface area contributed by atoms with Gasteiger partial charge >= 0.3 is 0 Å². The van der Waals surface area contributed by atoms with E-state index in [0.717, 1.165) is 18.2 Å². The van der Waals surface area contributed by atoms with Crippen LogP contribution in [0, 0.1) is 12.8 Å². The van der Waals surface area contributed by atoms with Gasteiger partial charge in [-0.2, -0.15) is 0 Å². The summed E-state index contributed by atoms with van der Waals surface area (Å²) in [5.74, 6) is 0.200. The van der Waals surface area contributed by atoms with E-state index >= 15 is 0 Å². The number of hydrogen-bond donors (Lipinski definition) is 1. The highest BCUT2D eigenvalue weighted by Gasteiger charge is 2.31. The summed E-state index contributed by atoms with van der Waals surface area (Å²) >= 11 is 0. The van der Waals surface area contributed by atoms with E-state index in [4.69, 9.17) is 4.52 Å². The van der Waals surface area contributed by atoms with Crippen LogP contribution in [-0.2, 0) is 0 Å². The van der Waals surface area contributed by atoms with Gasteiger partial charge in [0.05, 0.1) is 22.7 Å². The number of hydrogen-bond acceptors (Lipinski definition) is 5. The highest BCUT2D eigenvalue weighted by molar-refractivity contribution is 5.96. The van der Waals surface area contributed by atoms with Crippen molar-refractivity contribution in [3.8, 4) is 0 Å². The van der Waals surface area contributed by atoms with Crippen LogP contribution in [0.1, 0.15) is 28.9 Å². The van der Waals surface area contributed by atoms with E-state index in [1.165, 1.54) is 11.1 Å². The Morgan fingerprint density at radius 3 is 3.05 bits per heavy atom. The fourth-order valence-corrected chi connectivity index (χ4v) is 2.28. The highest BCUT2D eigenvalue weighted by atomic mass is 16.5. The zero-order chi connectivity index (χ0) is 14.3. The Labute approximate surface area is 116 Å². The molecule has 2 heterocycles. The lowest BCUT2D eigenvalue weighted by Crippen LogP contribution is -2.35. The Morgan fingerprint density at radius 1 is 1.60 bits per heavy atom. The van der Waals surface area contributed by atoms with Crippen molar-refractivity contribution in [2.75, 3.05) is 13.6 Å². The van der Waals surface area contributed by atoms with Crippen LogP contribution in [0.3, 0.4) is 0 Å². The van der Waals surface area contributed by atoms with Crippen LogP contribution in [-0.4, -0.2) is 45.8 Å². The third-order valence-corrected chi connectivity index (χ3v) is 3.73. The van der Waals surface area contributed by atoms with Crippen LogP contribution in [0.4, 0.5) is 0 Å². The highest BCUT2D eigenvalue weighted by Crippen LogP contribution is 2.32. The molecule has 2 aromatic rings. The van der Waals surface area contributed by atoms with Crippen molar-refractivity contribution in [3.05, 3.63) is 23.5 Å². The van der Waals surface area contributed by atoms with Gasteiger partial charge in [0, 0.05) is 19.8 Å². The summed E-state index contributed by atoms with van der Waals surface area (Å²) in [5, 5.41) is 14.5. The summed E-state index contributed by atoms with van der Waals surface area (Å²) in [7, 11) is 1.69. The number of aliphatic hydroxyl groups excluding tert-OH is 1. The molecule has 0 saturated heterocycles. The lowest BCUT2D eigenvalue weighted by Gasteiger charge is -2.20. The number of likely N-dealkylation sites (N-methyl/N-ethyl adjacent to an activating group) is 1. The number of amides is 1. The maximum Gasteiger partial charge on any atom is 0.257 e. The summed E-state index contributed by atoms with van der Waals surface area (Å²) in [6.07, 6.45) is 3.15. The summed E-state index contributed by atoms with van der Waals surface area (Å²) in [4.78, 5) is 18.0. The molecule has 6 nitrogen and oxygen atoms in total. The number of aromatic nitrogens is 2. The second-order valence-corrected chi connectivity index (χ2v) is 5.44. The molecule has 3 rings (SSSR count). The molecule has 1 unspecified atom stereocenters. The topological polar surface area (TPSA) is 79.5 Å². The van der Waals surface area contributed by atoms with Gasteiger partial charge in [0.2, 0.25) is 0 Å². The molecule has 1 saturated carbocycles. The molecule has 1 amide bonds. The van der Waals surface area contributed by atoms with Gasteiger partial charge in [-0.15, -0.1) is 0 Å². The summed E-state index contributed by atoms with van der Waals surface area (Å²) in [6.45, 7) is 2.16. The molecule has 1 aliphatic carbocycles. The third kappa shape index (κ3) is 2.38. The first-order valence-electron chi connectivity index (χ1n) is 6.72. The average Bonchev–Trinajstić information content (AvgIpc) is 3.23. The maximum absolute atomic E-state index is 12.3. The van der Waals surface area contributed by atoms with Crippen molar-refractivity contribution in [2.24, 2.45) is 5.92 Å². The van der Waals surface area contributed by atoms with Gasteiger partial charge in [-0.25, -0.2) is 4.98 Å². The summed E-state index contributed by atoms with van der Waals surface area (Å²) in [5.41, 5.74) is 1.62. The zero-order valence-corrected chi connectivity index (χ0v) is 11.5.